The molecule has 1 aliphatic rings. The van der Waals surface area contributed by atoms with Crippen LogP contribution in [-0.2, 0) is 4.79 Å². The van der Waals surface area contributed by atoms with Crippen LogP contribution in [-0.4, -0.2) is 29.9 Å². The Labute approximate surface area is 108 Å². The molecule has 18 heavy (non-hydrogen) atoms. The molecule has 2 heterocycles. The normalized spacial score (nSPS) is 19.3. The molecular formula is C14H22N2O2. The molecule has 0 aliphatic carbocycles. The number of amides is 1. The molecule has 0 aromatic carbocycles. The molecule has 1 aliphatic heterocycles. The smallest absolute Gasteiger partial charge is 0.222 e. The highest BCUT2D eigenvalue weighted by atomic mass is 16.3. The van der Waals surface area contributed by atoms with Crippen molar-refractivity contribution in [2.75, 3.05) is 13.1 Å². The lowest BCUT2D eigenvalue weighted by Gasteiger charge is -2.24. The molecule has 4 heteroatoms. The van der Waals surface area contributed by atoms with Crippen LogP contribution >= 0.6 is 0 Å². The first-order valence-electron chi connectivity index (χ1n) is 6.66. The number of carbonyl (C=O) groups excluding carboxylic acids is 1. The van der Waals surface area contributed by atoms with Gasteiger partial charge in [-0.25, -0.2) is 0 Å². The Morgan fingerprint density at radius 2 is 2.22 bits per heavy atom. The van der Waals surface area contributed by atoms with Crippen molar-refractivity contribution in [2.24, 2.45) is 0 Å². The third kappa shape index (κ3) is 3.13. The fraction of sp³-hybridized carbons (Fsp3) is 0.643. The third-order valence-corrected chi connectivity index (χ3v) is 3.39. The van der Waals surface area contributed by atoms with Gasteiger partial charge < -0.3 is 14.6 Å². The Morgan fingerprint density at radius 1 is 1.44 bits per heavy atom. The number of aryl methyl sites for hydroxylation is 1. The minimum absolute atomic E-state index is 0.173. The van der Waals surface area contributed by atoms with Crippen LogP contribution in [0.25, 0.3) is 0 Å². The number of likely N-dealkylation sites (tertiary alicyclic amines) is 1. The Kier molecular flexibility index (Phi) is 4.07. The monoisotopic (exact) mass is 250 g/mol. The van der Waals surface area contributed by atoms with E-state index < -0.39 is 0 Å². The Bertz CT molecular complexity index is 414. The number of rotatable bonds is 5. The second-order valence-electron chi connectivity index (χ2n) is 5.18. The van der Waals surface area contributed by atoms with E-state index in [-0.39, 0.29) is 18.0 Å². The first-order valence-corrected chi connectivity index (χ1v) is 6.66. The molecule has 1 amide bonds. The van der Waals surface area contributed by atoms with E-state index in [1.807, 2.05) is 24.0 Å². The minimum Gasteiger partial charge on any atom is -0.465 e. The van der Waals surface area contributed by atoms with Crippen molar-refractivity contribution in [3.8, 4) is 0 Å². The molecule has 100 valence electrons. The zero-order chi connectivity index (χ0) is 13.1. The van der Waals surface area contributed by atoms with Crippen molar-refractivity contribution in [2.45, 2.75) is 45.7 Å². The van der Waals surface area contributed by atoms with Crippen LogP contribution in [0.4, 0.5) is 0 Å². The van der Waals surface area contributed by atoms with E-state index in [0.717, 1.165) is 31.0 Å². The fourth-order valence-electron chi connectivity index (χ4n) is 2.48. The van der Waals surface area contributed by atoms with Gasteiger partial charge >= 0.3 is 0 Å². The second kappa shape index (κ2) is 5.57. The second-order valence-corrected chi connectivity index (χ2v) is 5.18. The zero-order valence-corrected chi connectivity index (χ0v) is 11.4. The van der Waals surface area contributed by atoms with Crippen molar-refractivity contribution in [1.82, 2.24) is 10.2 Å². The van der Waals surface area contributed by atoms with Gasteiger partial charge in [-0.2, -0.15) is 0 Å². The first kappa shape index (κ1) is 13.1. The molecule has 0 spiro atoms. The highest BCUT2D eigenvalue weighted by Gasteiger charge is 2.22. The molecule has 2 atom stereocenters. The van der Waals surface area contributed by atoms with Gasteiger partial charge in [0.05, 0.1) is 6.04 Å². The quantitative estimate of drug-likeness (QED) is 0.871. The van der Waals surface area contributed by atoms with Gasteiger partial charge in [0.2, 0.25) is 5.91 Å². The van der Waals surface area contributed by atoms with Gasteiger partial charge in [0.25, 0.3) is 0 Å². The SMILES string of the molecule is Cc1ccc(C(C)NC(C)CN2CCCC2=O)o1. The van der Waals surface area contributed by atoms with Crippen LogP contribution in [0.5, 0.6) is 0 Å². The minimum atomic E-state index is 0.173. The van der Waals surface area contributed by atoms with E-state index in [2.05, 4.69) is 19.2 Å². The topological polar surface area (TPSA) is 45.5 Å². The highest BCUT2D eigenvalue weighted by molar-refractivity contribution is 5.78. The van der Waals surface area contributed by atoms with E-state index in [1.165, 1.54) is 0 Å². The van der Waals surface area contributed by atoms with Crippen LogP contribution < -0.4 is 5.32 Å². The van der Waals surface area contributed by atoms with Crippen molar-refractivity contribution in [3.05, 3.63) is 23.7 Å². The summed E-state index contributed by atoms with van der Waals surface area (Å²) in [7, 11) is 0. The summed E-state index contributed by atoms with van der Waals surface area (Å²) in [5, 5.41) is 3.47. The molecule has 1 N–H and O–H groups in total. The molecular weight excluding hydrogens is 228 g/mol. The zero-order valence-electron chi connectivity index (χ0n) is 11.4. The molecule has 2 rings (SSSR count). The van der Waals surface area contributed by atoms with Gasteiger partial charge in [-0.15, -0.1) is 0 Å². The van der Waals surface area contributed by atoms with E-state index in [4.69, 9.17) is 4.42 Å². The van der Waals surface area contributed by atoms with E-state index in [9.17, 15) is 4.79 Å². The molecule has 1 aromatic heterocycles. The number of hydrogen-bond acceptors (Lipinski definition) is 3. The van der Waals surface area contributed by atoms with Crippen molar-refractivity contribution in [3.63, 3.8) is 0 Å². The lowest BCUT2D eigenvalue weighted by molar-refractivity contribution is -0.127. The number of furan rings is 1. The Balaban J connectivity index is 1.83. The lowest BCUT2D eigenvalue weighted by Crippen LogP contribution is -2.40. The van der Waals surface area contributed by atoms with Gasteiger partial charge in [0.15, 0.2) is 0 Å². The predicted molar refractivity (Wildman–Crippen MR) is 70.3 cm³/mol. The summed E-state index contributed by atoms with van der Waals surface area (Å²) in [6.07, 6.45) is 1.71. The van der Waals surface area contributed by atoms with Crippen LogP contribution in [0.15, 0.2) is 16.5 Å². The summed E-state index contributed by atoms with van der Waals surface area (Å²) in [6.45, 7) is 7.82. The summed E-state index contributed by atoms with van der Waals surface area (Å²) < 4.78 is 5.59. The molecule has 1 fully saturated rings. The van der Waals surface area contributed by atoms with Crippen LogP contribution in [0.1, 0.15) is 44.3 Å². The largest absolute Gasteiger partial charge is 0.465 e. The molecule has 0 radical (unpaired) electrons. The Morgan fingerprint density at radius 3 is 2.78 bits per heavy atom. The first-order chi connectivity index (χ1) is 8.56. The summed E-state index contributed by atoms with van der Waals surface area (Å²) in [5.74, 6) is 2.17. The predicted octanol–water partition coefficient (Wildman–Crippen LogP) is 2.25. The molecule has 2 unspecified atom stereocenters. The van der Waals surface area contributed by atoms with Gasteiger partial charge in [-0.05, 0) is 39.3 Å². The number of nitrogens with one attached hydrogen (secondary N) is 1. The Hall–Kier alpha value is -1.29. The molecule has 0 saturated carbocycles. The lowest BCUT2D eigenvalue weighted by atomic mass is 10.2. The van der Waals surface area contributed by atoms with Gasteiger partial charge in [-0.1, -0.05) is 0 Å². The molecule has 1 aromatic rings. The van der Waals surface area contributed by atoms with E-state index in [1.54, 1.807) is 0 Å². The summed E-state index contributed by atoms with van der Waals surface area (Å²) in [6, 6.07) is 4.42. The van der Waals surface area contributed by atoms with Crippen molar-refractivity contribution in [1.29, 1.82) is 0 Å². The van der Waals surface area contributed by atoms with Crippen LogP contribution in [0.3, 0.4) is 0 Å². The maximum absolute atomic E-state index is 11.5. The van der Waals surface area contributed by atoms with Crippen LogP contribution in [0.2, 0.25) is 0 Å². The van der Waals surface area contributed by atoms with Gasteiger partial charge in [0.1, 0.15) is 11.5 Å². The van der Waals surface area contributed by atoms with E-state index >= 15 is 0 Å². The summed E-state index contributed by atoms with van der Waals surface area (Å²) in [4.78, 5) is 13.5. The maximum atomic E-state index is 11.5. The van der Waals surface area contributed by atoms with Crippen molar-refractivity contribution < 1.29 is 9.21 Å². The van der Waals surface area contributed by atoms with E-state index in [0.29, 0.717) is 6.42 Å². The summed E-state index contributed by atoms with van der Waals surface area (Å²) >= 11 is 0. The molecule has 4 nitrogen and oxygen atoms in total. The number of hydrogen-bond donors (Lipinski definition) is 1. The highest BCUT2D eigenvalue weighted by Crippen LogP contribution is 2.17. The van der Waals surface area contributed by atoms with Crippen molar-refractivity contribution >= 4 is 5.91 Å². The average molecular weight is 250 g/mol. The molecule has 0 bridgehead atoms. The third-order valence-electron chi connectivity index (χ3n) is 3.39. The fourth-order valence-corrected chi connectivity index (χ4v) is 2.48. The maximum Gasteiger partial charge on any atom is 0.222 e. The number of carbonyl (C=O) groups is 1. The standard InChI is InChI=1S/C14H22N2O2/c1-10(9-16-8-4-5-14(16)17)15-12(3)13-7-6-11(2)18-13/h6-7,10,12,15H,4-5,8-9H2,1-3H3. The van der Waals surface area contributed by atoms with Crippen LogP contribution in [0, 0.1) is 6.92 Å². The van der Waals surface area contributed by atoms with Gasteiger partial charge in [-0.3, -0.25) is 4.79 Å². The summed E-state index contributed by atoms with van der Waals surface area (Å²) in [5.41, 5.74) is 0. The van der Waals surface area contributed by atoms with Gasteiger partial charge in [0, 0.05) is 25.6 Å². The molecule has 1 saturated heterocycles. The number of nitrogens with zero attached hydrogens (tertiary/aromatic N) is 1. The average Bonchev–Trinajstić information content (AvgIpc) is 2.89.